The van der Waals surface area contributed by atoms with Crippen molar-refractivity contribution in [3.05, 3.63) is 18.0 Å². The van der Waals surface area contributed by atoms with Crippen LogP contribution in [0.5, 0.6) is 0 Å². The maximum Gasteiger partial charge on any atom is 0.223 e. The summed E-state index contributed by atoms with van der Waals surface area (Å²) in [6, 6.07) is 3.53. The monoisotopic (exact) mass is 236 g/mol. The van der Waals surface area contributed by atoms with Crippen molar-refractivity contribution in [3.63, 3.8) is 0 Å². The first kappa shape index (κ1) is 13.4. The number of nitrogens with one attached hydrogen (secondary N) is 1. The molecule has 1 aromatic rings. The molecule has 0 aliphatic carbocycles. The fourth-order valence-electron chi connectivity index (χ4n) is 1.12. The second-order valence-electron chi connectivity index (χ2n) is 3.26. The minimum Gasteiger partial charge on any atom is -0.382 e. The second-order valence-corrected chi connectivity index (χ2v) is 3.26. The quantitative estimate of drug-likeness (QED) is 0.673. The number of aromatic nitrogens is 2. The highest BCUT2D eigenvalue weighted by atomic mass is 16.5. The molecule has 17 heavy (non-hydrogen) atoms. The van der Waals surface area contributed by atoms with Gasteiger partial charge in [-0.1, -0.05) is 0 Å². The zero-order valence-electron chi connectivity index (χ0n) is 9.85. The van der Waals surface area contributed by atoms with Crippen LogP contribution in [0.4, 0.5) is 5.95 Å². The summed E-state index contributed by atoms with van der Waals surface area (Å²) in [4.78, 5) is 7.99. The molecular formula is C11H16N4O2. The van der Waals surface area contributed by atoms with E-state index in [0.29, 0.717) is 38.0 Å². The molecule has 1 aromatic heterocycles. The van der Waals surface area contributed by atoms with Crippen LogP contribution in [-0.2, 0) is 9.47 Å². The predicted octanol–water partition coefficient (Wildman–Crippen LogP) is 0.813. The number of hydrogen-bond acceptors (Lipinski definition) is 6. The van der Waals surface area contributed by atoms with Gasteiger partial charge in [0.05, 0.1) is 13.2 Å². The van der Waals surface area contributed by atoms with E-state index >= 15 is 0 Å². The summed E-state index contributed by atoms with van der Waals surface area (Å²) in [5.74, 6) is 0.473. The summed E-state index contributed by atoms with van der Waals surface area (Å²) in [7, 11) is 1.64. The SMILES string of the molecule is COCCOCCCNc1nccc(C#N)n1. The average Bonchev–Trinajstić information content (AvgIpc) is 2.38. The lowest BCUT2D eigenvalue weighted by Gasteiger charge is -2.05. The number of nitrogens with zero attached hydrogens (tertiary/aromatic N) is 3. The molecule has 0 aromatic carbocycles. The number of rotatable bonds is 8. The van der Waals surface area contributed by atoms with Gasteiger partial charge in [0.15, 0.2) is 0 Å². The molecule has 1 rings (SSSR count). The summed E-state index contributed by atoms with van der Waals surface area (Å²) in [5, 5.41) is 11.7. The lowest BCUT2D eigenvalue weighted by atomic mass is 10.4. The molecule has 0 bridgehead atoms. The Kier molecular flexibility index (Phi) is 6.63. The average molecular weight is 236 g/mol. The van der Waals surface area contributed by atoms with E-state index in [9.17, 15) is 0 Å². The van der Waals surface area contributed by atoms with Crippen LogP contribution in [0.2, 0.25) is 0 Å². The van der Waals surface area contributed by atoms with E-state index in [0.717, 1.165) is 6.42 Å². The molecule has 0 aliphatic rings. The normalized spacial score (nSPS) is 9.88. The van der Waals surface area contributed by atoms with Gasteiger partial charge in [-0.3, -0.25) is 0 Å². The summed E-state index contributed by atoms with van der Waals surface area (Å²) < 4.78 is 10.2. The molecule has 0 aliphatic heterocycles. The van der Waals surface area contributed by atoms with E-state index < -0.39 is 0 Å². The van der Waals surface area contributed by atoms with E-state index in [1.165, 1.54) is 0 Å². The Morgan fingerprint density at radius 1 is 1.41 bits per heavy atom. The minimum absolute atomic E-state index is 0.360. The standard InChI is InChI=1S/C11H16N4O2/c1-16-7-8-17-6-2-4-13-11-14-5-3-10(9-12)15-11/h3,5H,2,4,6-8H2,1H3,(H,13,14,15). The molecule has 0 radical (unpaired) electrons. The zero-order chi connectivity index (χ0) is 12.3. The highest BCUT2D eigenvalue weighted by molar-refractivity contribution is 5.29. The zero-order valence-corrected chi connectivity index (χ0v) is 9.85. The van der Waals surface area contributed by atoms with Gasteiger partial charge in [0.25, 0.3) is 0 Å². The molecule has 0 saturated heterocycles. The fraction of sp³-hybridized carbons (Fsp3) is 0.545. The van der Waals surface area contributed by atoms with Crippen molar-refractivity contribution in [3.8, 4) is 6.07 Å². The van der Waals surface area contributed by atoms with E-state index in [1.807, 2.05) is 6.07 Å². The maximum absolute atomic E-state index is 8.65. The van der Waals surface area contributed by atoms with E-state index in [1.54, 1.807) is 19.4 Å². The van der Waals surface area contributed by atoms with Gasteiger partial charge in [-0.2, -0.15) is 5.26 Å². The first-order valence-electron chi connectivity index (χ1n) is 5.40. The van der Waals surface area contributed by atoms with Gasteiger partial charge in [-0.25, -0.2) is 9.97 Å². The van der Waals surface area contributed by atoms with Crippen LogP contribution in [-0.4, -0.2) is 43.4 Å². The van der Waals surface area contributed by atoms with Crippen LogP contribution in [0.3, 0.4) is 0 Å². The maximum atomic E-state index is 8.65. The number of nitriles is 1. The van der Waals surface area contributed by atoms with E-state index in [4.69, 9.17) is 14.7 Å². The van der Waals surface area contributed by atoms with Gasteiger partial charge in [-0.15, -0.1) is 0 Å². The summed E-state index contributed by atoms with van der Waals surface area (Å²) in [5.41, 5.74) is 0.360. The van der Waals surface area contributed by atoms with Gasteiger partial charge in [0.2, 0.25) is 5.95 Å². The largest absolute Gasteiger partial charge is 0.382 e. The van der Waals surface area contributed by atoms with Crippen molar-refractivity contribution in [1.82, 2.24) is 9.97 Å². The van der Waals surface area contributed by atoms with Crippen molar-refractivity contribution in [2.45, 2.75) is 6.42 Å². The molecule has 6 heteroatoms. The van der Waals surface area contributed by atoms with Crippen LogP contribution in [0.1, 0.15) is 12.1 Å². The Labute approximate surface area is 101 Å². The number of anilines is 1. The van der Waals surface area contributed by atoms with Crippen molar-refractivity contribution in [1.29, 1.82) is 5.26 Å². The van der Waals surface area contributed by atoms with Crippen molar-refractivity contribution >= 4 is 5.95 Å². The highest BCUT2D eigenvalue weighted by Crippen LogP contribution is 1.98. The highest BCUT2D eigenvalue weighted by Gasteiger charge is 1.97. The molecule has 1 N–H and O–H groups in total. The molecule has 92 valence electrons. The Morgan fingerprint density at radius 3 is 3.06 bits per heavy atom. The van der Waals surface area contributed by atoms with E-state index in [2.05, 4.69) is 15.3 Å². The molecular weight excluding hydrogens is 220 g/mol. The number of methoxy groups -OCH3 is 1. The summed E-state index contributed by atoms with van der Waals surface area (Å²) in [6.45, 7) is 2.59. The number of hydrogen-bond donors (Lipinski definition) is 1. The predicted molar refractivity (Wildman–Crippen MR) is 62.5 cm³/mol. The third-order valence-corrected chi connectivity index (χ3v) is 1.95. The van der Waals surface area contributed by atoms with Crippen molar-refractivity contribution in [2.75, 3.05) is 38.8 Å². The molecule has 0 atom stereocenters. The topological polar surface area (TPSA) is 80.1 Å². The fourth-order valence-corrected chi connectivity index (χ4v) is 1.12. The first-order chi connectivity index (χ1) is 8.36. The van der Waals surface area contributed by atoms with Crippen molar-refractivity contribution in [2.24, 2.45) is 0 Å². The Balaban J connectivity index is 2.12. The van der Waals surface area contributed by atoms with Gasteiger partial charge in [-0.05, 0) is 12.5 Å². The Hall–Kier alpha value is -1.71. The van der Waals surface area contributed by atoms with Gasteiger partial charge >= 0.3 is 0 Å². The molecule has 1 heterocycles. The molecule has 6 nitrogen and oxygen atoms in total. The molecule has 0 saturated carbocycles. The third kappa shape index (κ3) is 5.80. The van der Waals surface area contributed by atoms with E-state index in [-0.39, 0.29) is 0 Å². The minimum atomic E-state index is 0.360. The van der Waals surface area contributed by atoms with Crippen molar-refractivity contribution < 1.29 is 9.47 Å². The second kappa shape index (κ2) is 8.44. The van der Waals surface area contributed by atoms with Crippen LogP contribution in [0, 0.1) is 11.3 Å². The van der Waals surface area contributed by atoms with Gasteiger partial charge in [0, 0.05) is 26.5 Å². The lowest BCUT2D eigenvalue weighted by molar-refractivity contribution is 0.0705. The summed E-state index contributed by atoms with van der Waals surface area (Å²) in [6.07, 6.45) is 2.41. The Bertz CT molecular complexity index is 365. The lowest BCUT2D eigenvalue weighted by Crippen LogP contribution is -2.10. The van der Waals surface area contributed by atoms with Gasteiger partial charge in [0.1, 0.15) is 11.8 Å². The first-order valence-corrected chi connectivity index (χ1v) is 5.40. The van der Waals surface area contributed by atoms with Crippen LogP contribution < -0.4 is 5.32 Å². The Morgan fingerprint density at radius 2 is 2.29 bits per heavy atom. The summed E-state index contributed by atoms with van der Waals surface area (Å²) >= 11 is 0. The molecule has 0 unspecified atom stereocenters. The smallest absolute Gasteiger partial charge is 0.223 e. The molecule has 0 amide bonds. The molecule has 0 spiro atoms. The molecule has 0 fully saturated rings. The van der Waals surface area contributed by atoms with Crippen LogP contribution >= 0.6 is 0 Å². The van der Waals surface area contributed by atoms with Gasteiger partial charge < -0.3 is 14.8 Å². The van der Waals surface area contributed by atoms with Crippen LogP contribution in [0.15, 0.2) is 12.3 Å². The number of ether oxygens (including phenoxy) is 2. The van der Waals surface area contributed by atoms with Crippen LogP contribution in [0.25, 0.3) is 0 Å². The third-order valence-electron chi connectivity index (χ3n) is 1.95.